The Morgan fingerprint density at radius 1 is 1.04 bits per heavy atom. The summed E-state index contributed by atoms with van der Waals surface area (Å²) in [5, 5.41) is 9.53. The van der Waals surface area contributed by atoms with Crippen molar-refractivity contribution in [2.45, 2.75) is 13.0 Å². The minimum atomic E-state index is 0.799. The predicted molar refractivity (Wildman–Crippen MR) is 96.4 cm³/mol. The Labute approximate surface area is 142 Å². The van der Waals surface area contributed by atoms with Crippen LogP contribution in [0.25, 0.3) is 11.1 Å². The largest absolute Gasteiger partial charge is 0.322 e. The second kappa shape index (κ2) is 6.35. The zero-order valence-electron chi connectivity index (χ0n) is 13.5. The van der Waals surface area contributed by atoms with Crippen molar-refractivity contribution in [3.63, 3.8) is 0 Å². The molecule has 0 spiro atoms. The number of hydrogen-bond donors (Lipinski definition) is 0. The van der Waals surface area contributed by atoms with Crippen molar-refractivity contribution in [2.75, 3.05) is 13.1 Å². The normalized spacial score (nSPS) is 15.2. The summed E-state index contributed by atoms with van der Waals surface area (Å²) >= 11 is 0. The van der Waals surface area contributed by atoms with Gasteiger partial charge in [0.15, 0.2) is 0 Å². The molecule has 0 bridgehead atoms. The van der Waals surface area contributed by atoms with Gasteiger partial charge in [0.25, 0.3) is 0 Å². The van der Waals surface area contributed by atoms with Crippen LogP contribution in [0.2, 0.25) is 0 Å². The van der Waals surface area contributed by atoms with Gasteiger partial charge in [-0.25, -0.2) is 0 Å². The number of hydrogen-bond acceptors (Lipinski definition) is 2. The van der Waals surface area contributed by atoms with Gasteiger partial charge in [-0.15, -0.1) is 0 Å². The molecule has 3 nitrogen and oxygen atoms in total. The minimum Gasteiger partial charge on any atom is -0.322 e. The molecule has 0 N–H and O–H groups in total. The zero-order chi connectivity index (χ0) is 16.4. The molecule has 1 aliphatic rings. The topological polar surface area (TPSA) is 31.4 Å². The third-order valence-electron chi connectivity index (χ3n) is 4.71. The van der Waals surface area contributed by atoms with Crippen molar-refractivity contribution in [3.05, 3.63) is 83.7 Å². The van der Waals surface area contributed by atoms with E-state index in [0.717, 1.165) is 42.7 Å². The highest BCUT2D eigenvalue weighted by molar-refractivity contribution is 5.67. The lowest BCUT2D eigenvalue weighted by molar-refractivity contribution is 0.294. The van der Waals surface area contributed by atoms with E-state index in [4.69, 9.17) is 0 Å². The van der Waals surface area contributed by atoms with Crippen LogP contribution in [0.4, 0.5) is 0 Å². The Hall–Kier alpha value is -2.83. The molecule has 0 saturated carbocycles. The van der Waals surface area contributed by atoms with E-state index in [0.29, 0.717) is 0 Å². The fourth-order valence-electron chi connectivity index (χ4n) is 3.44. The van der Waals surface area contributed by atoms with Crippen LogP contribution in [-0.4, -0.2) is 22.4 Å². The summed E-state index contributed by atoms with van der Waals surface area (Å²) in [6, 6.07) is 19.0. The van der Waals surface area contributed by atoms with Gasteiger partial charge in [-0.2, -0.15) is 5.26 Å². The van der Waals surface area contributed by atoms with Gasteiger partial charge in [0.2, 0.25) is 0 Å². The molecule has 3 heteroatoms. The number of pyridine rings is 1. The molecule has 24 heavy (non-hydrogen) atoms. The van der Waals surface area contributed by atoms with Crippen LogP contribution in [0, 0.1) is 11.3 Å². The molecule has 0 unspecified atom stereocenters. The van der Waals surface area contributed by atoms with Gasteiger partial charge < -0.3 is 4.40 Å². The summed E-state index contributed by atoms with van der Waals surface area (Å²) in [6.07, 6.45) is 7.47. The zero-order valence-corrected chi connectivity index (χ0v) is 13.5. The van der Waals surface area contributed by atoms with Gasteiger partial charge in [0, 0.05) is 37.6 Å². The molecule has 0 saturated heterocycles. The molecule has 3 aromatic rings. The van der Waals surface area contributed by atoms with Gasteiger partial charge >= 0.3 is 0 Å². The Kier molecular flexibility index (Phi) is 3.90. The number of aromatic nitrogens is 1. The Morgan fingerprint density at radius 3 is 2.62 bits per heavy atom. The summed E-state index contributed by atoms with van der Waals surface area (Å²) < 4.78 is 2.04. The molecule has 0 atom stereocenters. The maximum atomic E-state index is 9.53. The van der Waals surface area contributed by atoms with Crippen molar-refractivity contribution >= 4 is 11.1 Å². The molecule has 4 rings (SSSR count). The molecule has 3 heterocycles. The van der Waals surface area contributed by atoms with E-state index in [9.17, 15) is 5.26 Å². The minimum absolute atomic E-state index is 0.799. The smallest absolute Gasteiger partial charge is 0.102 e. The lowest BCUT2D eigenvalue weighted by Crippen LogP contribution is -2.28. The van der Waals surface area contributed by atoms with Gasteiger partial charge in [0.05, 0.1) is 11.1 Å². The monoisotopic (exact) mass is 313 g/mol. The molecule has 0 amide bonds. The van der Waals surface area contributed by atoms with Crippen molar-refractivity contribution in [2.24, 2.45) is 0 Å². The van der Waals surface area contributed by atoms with Crippen molar-refractivity contribution in [1.82, 2.24) is 9.30 Å². The number of rotatable bonds is 3. The first kappa shape index (κ1) is 14.7. The van der Waals surface area contributed by atoms with Gasteiger partial charge in [-0.3, -0.25) is 4.90 Å². The lowest BCUT2D eigenvalue weighted by atomic mass is 9.99. The van der Waals surface area contributed by atoms with Crippen LogP contribution in [-0.2, 0) is 6.54 Å². The first-order valence-electron chi connectivity index (χ1n) is 8.30. The molecule has 0 aliphatic carbocycles. The first-order chi connectivity index (χ1) is 11.8. The predicted octanol–water partition coefficient (Wildman–Crippen LogP) is 4.10. The second-order valence-electron chi connectivity index (χ2n) is 6.21. The molecule has 118 valence electrons. The molecular formula is C21H19N3. The standard InChI is InChI=1S/C21H19N3/c22-14-20-19(16-24-11-5-4-8-21(20)24)15-23-12-9-18(10-13-23)17-6-2-1-3-7-17/h1-9,11,16H,10,12-13,15H2. The fraction of sp³-hybridized carbons (Fsp3) is 0.190. The summed E-state index contributed by atoms with van der Waals surface area (Å²) in [4.78, 5) is 2.40. The lowest BCUT2D eigenvalue weighted by Gasteiger charge is -2.26. The molecule has 1 aliphatic heterocycles. The van der Waals surface area contributed by atoms with E-state index in [1.54, 1.807) is 0 Å². The number of nitriles is 1. The molecule has 0 fully saturated rings. The highest BCUT2D eigenvalue weighted by atomic mass is 15.1. The Bertz CT molecular complexity index is 929. The van der Waals surface area contributed by atoms with Crippen molar-refractivity contribution in [3.8, 4) is 6.07 Å². The average molecular weight is 313 g/mol. The molecule has 1 aromatic carbocycles. The maximum Gasteiger partial charge on any atom is 0.102 e. The second-order valence-corrected chi connectivity index (χ2v) is 6.21. The molecule has 0 radical (unpaired) electrons. The summed E-state index contributed by atoms with van der Waals surface area (Å²) in [5.74, 6) is 0. The van der Waals surface area contributed by atoms with Gasteiger partial charge in [-0.05, 0) is 29.7 Å². The van der Waals surface area contributed by atoms with Crippen molar-refractivity contribution in [1.29, 1.82) is 5.26 Å². The number of benzene rings is 1. The SMILES string of the molecule is N#Cc1c(CN2CC=C(c3ccccc3)CC2)cn2ccccc12. The van der Waals surface area contributed by atoms with E-state index in [-0.39, 0.29) is 0 Å². The summed E-state index contributed by atoms with van der Waals surface area (Å²) in [5.41, 5.74) is 5.65. The van der Waals surface area contributed by atoms with Crippen LogP contribution in [0.3, 0.4) is 0 Å². The summed E-state index contributed by atoms with van der Waals surface area (Å²) in [6.45, 7) is 2.78. The van der Waals surface area contributed by atoms with Crippen LogP contribution >= 0.6 is 0 Å². The highest BCUT2D eigenvalue weighted by Gasteiger charge is 2.16. The highest BCUT2D eigenvalue weighted by Crippen LogP contribution is 2.25. The Balaban J connectivity index is 1.54. The van der Waals surface area contributed by atoms with Crippen LogP contribution in [0.15, 0.2) is 67.0 Å². The molecule has 2 aromatic heterocycles. The third-order valence-corrected chi connectivity index (χ3v) is 4.71. The quantitative estimate of drug-likeness (QED) is 0.729. The summed E-state index contributed by atoms with van der Waals surface area (Å²) in [7, 11) is 0. The van der Waals surface area contributed by atoms with E-state index in [1.165, 1.54) is 11.1 Å². The van der Waals surface area contributed by atoms with Gasteiger partial charge in [-0.1, -0.05) is 42.5 Å². The number of fused-ring (bicyclic) bond motifs is 1. The fourth-order valence-corrected chi connectivity index (χ4v) is 3.44. The Morgan fingerprint density at radius 2 is 1.88 bits per heavy atom. The van der Waals surface area contributed by atoms with E-state index in [1.807, 2.05) is 28.8 Å². The first-order valence-corrected chi connectivity index (χ1v) is 8.30. The van der Waals surface area contributed by atoms with E-state index in [2.05, 4.69) is 53.6 Å². The van der Waals surface area contributed by atoms with Crippen LogP contribution < -0.4 is 0 Å². The van der Waals surface area contributed by atoms with E-state index >= 15 is 0 Å². The van der Waals surface area contributed by atoms with Gasteiger partial charge in [0.1, 0.15) is 6.07 Å². The van der Waals surface area contributed by atoms with Crippen LogP contribution in [0.1, 0.15) is 23.1 Å². The third kappa shape index (κ3) is 2.73. The number of nitrogens with zero attached hydrogens (tertiary/aromatic N) is 3. The van der Waals surface area contributed by atoms with Crippen molar-refractivity contribution < 1.29 is 0 Å². The molecular weight excluding hydrogens is 294 g/mol. The van der Waals surface area contributed by atoms with Crippen LogP contribution in [0.5, 0.6) is 0 Å². The average Bonchev–Trinajstić information content (AvgIpc) is 3.00. The maximum absolute atomic E-state index is 9.53. The van der Waals surface area contributed by atoms with E-state index < -0.39 is 0 Å².